The van der Waals surface area contributed by atoms with Gasteiger partial charge in [-0.15, -0.1) is 0 Å². The molecule has 4 heteroatoms. The lowest BCUT2D eigenvalue weighted by atomic mass is 10.00. The molecule has 3 nitrogen and oxygen atoms in total. The molecule has 1 aliphatic heterocycles. The van der Waals surface area contributed by atoms with Crippen molar-refractivity contribution in [2.45, 2.75) is 12.3 Å². The molecule has 0 saturated carbocycles. The Labute approximate surface area is 88.4 Å². The first-order valence-electron chi connectivity index (χ1n) is 4.71. The van der Waals surface area contributed by atoms with Gasteiger partial charge in [0.2, 0.25) is 5.88 Å². The van der Waals surface area contributed by atoms with Crippen molar-refractivity contribution in [2.24, 2.45) is 0 Å². The Morgan fingerprint density at radius 2 is 2.50 bits per heavy atom. The van der Waals surface area contributed by atoms with E-state index in [4.69, 9.17) is 16.3 Å². The van der Waals surface area contributed by atoms with Crippen molar-refractivity contribution >= 4 is 11.6 Å². The van der Waals surface area contributed by atoms with Gasteiger partial charge in [-0.3, -0.25) is 0 Å². The first-order valence-corrected chi connectivity index (χ1v) is 5.09. The largest absolute Gasteiger partial charge is 0.481 e. The van der Waals surface area contributed by atoms with Crippen molar-refractivity contribution in [3.8, 4) is 5.88 Å². The maximum absolute atomic E-state index is 6.09. The van der Waals surface area contributed by atoms with Crippen LogP contribution in [0.5, 0.6) is 5.88 Å². The summed E-state index contributed by atoms with van der Waals surface area (Å²) in [6.45, 7) is 2.05. The molecular formula is C10H13ClN2O. The molecule has 0 spiro atoms. The second-order valence-corrected chi connectivity index (χ2v) is 3.85. The molecule has 1 aromatic heterocycles. The van der Waals surface area contributed by atoms with Gasteiger partial charge in [-0.05, 0) is 24.4 Å². The predicted molar refractivity (Wildman–Crippen MR) is 56.0 cm³/mol. The molecule has 14 heavy (non-hydrogen) atoms. The standard InChI is InChI=1S/C10H13ClN2O/c1-14-10-4-8(9(11)6-13-10)7-2-3-12-5-7/h4,6-7,12H,2-3,5H2,1H3. The van der Waals surface area contributed by atoms with E-state index in [-0.39, 0.29) is 0 Å². The van der Waals surface area contributed by atoms with Crippen molar-refractivity contribution in [2.75, 3.05) is 20.2 Å². The third-order valence-electron chi connectivity index (χ3n) is 2.57. The van der Waals surface area contributed by atoms with Gasteiger partial charge < -0.3 is 10.1 Å². The molecule has 0 aliphatic carbocycles. The average Bonchev–Trinajstić information content (AvgIpc) is 2.71. The van der Waals surface area contributed by atoms with E-state index in [1.165, 1.54) is 0 Å². The second-order valence-electron chi connectivity index (χ2n) is 3.44. The Hall–Kier alpha value is -0.800. The average molecular weight is 213 g/mol. The molecule has 1 saturated heterocycles. The molecule has 0 radical (unpaired) electrons. The van der Waals surface area contributed by atoms with Crippen LogP contribution in [-0.2, 0) is 0 Å². The Balaban J connectivity index is 2.29. The highest BCUT2D eigenvalue weighted by atomic mass is 35.5. The normalized spacial score (nSPS) is 21.1. The van der Waals surface area contributed by atoms with Crippen molar-refractivity contribution in [1.82, 2.24) is 10.3 Å². The highest BCUT2D eigenvalue weighted by molar-refractivity contribution is 6.31. The van der Waals surface area contributed by atoms with E-state index < -0.39 is 0 Å². The van der Waals surface area contributed by atoms with Crippen LogP contribution in [-0.4, -0.2) is 25.2 Å². The second kappa shape index (κ2) is 4.15. The summed E-state index contributed by atoms with van der Waals surface area (Å²) < 4.78 is 5.08. The number of hydrogen-bond donors (Lipinski definition) is 1. The number of ether oxygens (including phenoxy) is 1. The Morgan fingerprint density at radius 1 is 1.64 bits per heavy atom. The number of rotatable bonds is 2. The highest BCUT2D eigenvalue weighted by Gasteiger charge is 2.19. The molecule has 1 unspecified atom stereocenters. The summed E-state index contributed by atoms with van der Waals surface area (Å²) in [6.07, 6.45) is 2.79. The molecule has 1 N–H and O–H groups in total. The first kappa shape index (κ1) is 9.74. The molecule has 2 rings (SSSR count). The van der Waals surface area contributed by atoms with E-state index in [9.17, 15) is 0 Å². The zero-order valence-corrected chi connectivity index (χ0v) is 8.84. The van der Waals surface area contributed by atoms with Crippen molar-refractivity contribution in [3.63, 3.8) is 0 Å². The van der Waals surface area contributed by atoms with Crippen LogP contribution in [0.1, 0.15) is 17.9 Å². The quantitative estimate of drug-likeness (QED) is 0.812. The summed E-state index contributed by atoms with van der Waals surface area (Å²) in [4.78, 5) is 4.05. The van der Waals surface area contributed by atoms with Gasteiger partial charge in [-0.2, -0.15) is 0 Å². The molecule has 2 heterocycles. The maximum Gasteiger partial charge on any atom is 0.213 e. The fourth-order valence-corrected chi connectivity index (χ4v) is 2.04. The van der Waals surface area contributed by atoms with Crippen LogP contribution in [0.4, 0.5) is 0 Å². The lowest BCUT2D eigenvalue weighted by Gasteiger charge is -2.11. The minimum absolute atomic E-state index is 0.499. The van der Waals surface area contributed by atoms with Gasteiger partial charge in [0.25, 0.3) is 0 Å². The van der Waals surface area contributed by atoms with Crippen LogP contribution in [0.15, 0.2) is 12.3 Å². The number of hydrogen-bond acceptors (Lipinski definition) is 3. The topological polar surface area (TPSA) is 34.1 Å². The van der Waals surface area contributed by atoms with E-state index in [1.54, 1.807) is 13.3 Å². The number of nitrogens with one attached hydrogen (secondary N) is 1. The Kier molecular flexibility index (Phi) is 2.89. The fourth-order valence-electron chi connectivity index (χ4n) is 1.78. The third-order valence-corrected chi connectivity index (χ3v) is 2.88. The molecular weight excluding hydrogens is 200 g/mol. The summed E-state index contributed by atoms with van der Waals surface area (Å²) in [5.74, 6) is 1.13. The molecule has 1 fully saturated rings. The van der Waals surface area contributed by atoms with Crippen molar-refractivity contribution in [3.05, 3.63) is 22.8 Å². The summed E-state index contributed by atoms with van der Waals surface area (Å²) >= 11 is 6.09. The van der Waals surface area contributed by atoms with Gasteiger partial charge in [0.15, 0.2) is 0 Å². The van der Waals surface area contributed by atoms with Crippen molar-refractivity contribution in [1.29, 1.82) is 0 Å². The lowest BCUT2D eigenvalue weighted by Crippen LogP contribution is -2.08. The fraction of sp³-hybridized carbons (Fsp3) is 0.500. The van der Waals surface area contributed by atoms with Crippen LogP contribution in [0, 0.1) is 0 Å². The van der Waals surface area contributed by atoms with Gasteiger partial charge >= 0.3 is 0 Å². The summed E-state index contributed by atoms with van der Waals surface area (Å²) in [6, 6.07) is 1.93. The van der Waals surface area contributed by atoms with Gasteiger partial charge in [-0.1, -0.05) is 11.6 Å². The number of pyridine rings is 1. The van der Waals surface area contributed by atoms with E-state index >= 15 is 0 Å². The van der Waals surface area contributed by atoms with E-state index in [0.717, 1.165) is 30.1 Å². The Morgan fingerprint density at radius 3 is 3.14 bits per heavy atom. The smallest absolute Gasteiger partial charge is 0.213 e. The molecule has 0 aromatic carbocycles. The van der Waals surface area contributed by atoms with Gasteiger partial charge in [0.05, 0.1) is 12.1 Å². The number of methoxy groups -OCH3 is 1. The van der Waals surface area contributed by atoms with Crippen LogP contribution in [0.25, 0.3) is 0 Å². The van der Waals surface area contributed by atoms with Gasteiger partial charge in [0, 0.05) is 18.8 Å². The minimum atomic E-state index is 0.499. The maximum atomic E-state index is 6.09. The summed E-state index contributed by atoms with van der Waals surface area (Å²) in [7, 11) is 1.62. The van der Waals surface area contributed by atoms with Gasteiger partial charge in [0.1, 0.15) is 0 Å². The molecule has 0 amide bonds. The lowest BCUT2D eigenvalue weighted by molar-refractivity contribution is 0.397. The molecule has 76 valence electrons. The number of halogens is 1. The predicted octanol–water partition coefficient (Wildman–Crippen LogP) is 1.82. The monoisotopic (exact) mass is 212 g/mol. The van der Waals surface area contributed by atoms with Crippen LogP contribution in [0.2, 0.25) is 5.02 Å². The zero-order valence-electron chi connectivity index (χ0n) is 8.09. The molecule has 0 bridgehead atoms. The Bertz CT molecular complexity index is 324. The number of nitrogens with zero attached hydrogens (tertiary/aromatic N) is 1. The van der Waals surface area contributed by atoms with E-state index in [2.05, 4.69) is 10.3 Å². The van der Waals surface area contributed by atoms with Crippen LogP contribution >= 0.6 is 11.6 Å². The third kappa shape index (κ3) is 1.83. The number of aromatic nitrogens is 1. The van der Waals surface area contributed by atoms with E-state index in [1.807, 2.05) is 6.07 Å². The molecule has 1 aliphatic rings. The van der Waals surface area contributed by atoms with Crippen LogP contribution in [0.3, 0.4) is 0 Å². The molecule has 1 aromatic rings. The van der Waals surface area contributed by atoms with Crippen molar-refractivity contribution < 1.29 is 4.74 Å². The van der Waals surface area contributed by atoms with Crippen LogP contribution < -0.4 is 10.1 Å². The van der Waals surface area contributed by atoms with E-state index in [0.29, 0.717) is 11.8 Å². The highest BCUT2D eigenvalue weighted by Crippen LogP contribution is 2.30. The first-order chi connectivity index (χ1) is 6.81. The van der Waals surface area contributed by atoms with Gasteiger partial charge in [-0.25, -0.2) is 4.98 Å². The summed E-state index contributed by atoms with van der Waals surface area (Å²) in [5, 5.41) is 4.05. The SMILES string of the molecule is COc1cc(C2CCNC2)c(Cl)cn1. The summed E-state index contributed by atoms with van der Waals surface area (Å²) in [5.41, 5.74) is 1.14. The minimum Gasteiger partial charge on any atom is -0.481 e. The zero-order chi connectivity index (χ0) is 9.97. The molecule has 1 atom stereocenters.